The fraction of sp³-hybridized carbons (Fsp3) is 1.00. The summed E-state index contributed by atoms with van der Waals surface area (Å²) in [6.07, 6.45) is 9.63. The topological polar surface area (TPSA) is 86.7 Å². The van der Waals surface area contributed by atoms with Gasteiger partial charge in [0.2, 0.25) is 0 Å². The molecule has 1 N–H and O–H groups in total. The molecule has 0 heterocycles. The van der Waals surface area contributed by atoms with Crippen molar-refractivity contribution in [3.05, 3.63) is 0 Å². The number of hydrogen-bond acceptors (Lipinski definition) is 5. The first-order valence-corrected chi connectivity index (χ1v) is 9.66. The molecule has 0 aliphatic carbocycles. The monoisotopic (exact) mass is 346 g/mol. The molecule has 0 rings (SSSR count). The van der Waals surface area contributed by atoms with Crippen molar-refractivity contribution in [2.75, 3.05) is 12.4 Å². The van der Waals surface area contributed by atoms with Gasteiger partial charge >= 0.3 is 29.6 Å². The zero-order valence-corrected chi connectivity index (χ0v) is 17.2. The van der Waals surface area contributed by atoms with E-state index in [9.17, 15) is 13.0 Å². The number of aliphatic hydroxyl groups excluding tert-OH is 1. The summed E-state index contributed by atoms with van der Waals surface area (Å²) in [4.78, 5) is 0. The number of hydrogen-bond donors (Lipinski definition) is 1. The SMILES string of the molecule is CCCCCCCCCCC(C)OC(CO)CS(=O)(=O)[O-].[Na+]. The predicted octanol–water partition coefficient (Wildman–Crippen LogP) is -0.168. The smallest absolute Gasteiger partial charge is 0.748 e. The van der Waals surface area contributed by atoms with Crippen LogP contribution in [0.1, 0.15) is 71.6 Å². The third kappa shape index (κ3) is 17.2. The van der Waals surface area contributed by atoms with Crippen LogP contribution in [0.4, 0.5) is 0 Å². The summed E-state index contributed by atoms with van der Waals surface area (Å²) in [5.74, 6) is -0.661. The van der Waals surface area contributed by atoms with E-state index >= 15 is 0 Å². The second kappa shape index (κ2) is 15.4. The number of rotatable bonds is 14. The van der Waals surface area contributed by atoms with Crippen molar-refractivity contribution in [3.63, 3.8) is 0 Å². The first kappa shape index (κ1) is 25.1. The summed E-state index contributed by atoms with van der Waals surface area (Å²) in [5.41, 5.74) is 0. The van der Waals surface area contributed by atoms with Crippen LogP contribution in [0.25, 0.3) is 0 Å². The van der Waals surface area contributed by atoms with E-state index in [0.717, 1.165) is 19.3 Å². The Labute approximate surface area is 158 Å². The Morgan fingerprint density at radius 3 is 2.00 bits per heavy atom. The molecule has 0 aromatic heterocycles. The Morgan fingerprint density at radius 1 is 1.05 bits per heavy atom. The van der Waals surface area contributed by atoms with Crippen molar-refractivity contribution in [2.45, 2.75) is 83.8 Å². The van der Waals surface area contributed by atoms with Gasteiger partial charge in [-0.05, 0) is 13.3 Å². The number of ether oxygens (including phenoxy) is 1. The molecular formula is C15H31NaO5S. The molecule has 5 nitrogen and oxygen atoms in total. The summed E-state index contributed by atoms with van der Waals surface area (Å²) in [6.45, 7) is 3.61. The first-order valence-electron chi connectivity index (χ1n) is 8.09. The van der Waals surface area contributed by atoms with Gasteiger partial charge in [0.1, 0.15) is 0 Å². The average Bonchev–Trinajstić information content (AvgIpc) is 2.39. The molecule has 0 radical (unpaired) electrons. The third-order valence-electron chi connectivity index (χ3n) is 3.48. The fourth-order valence-corrected chi connectivity index (χ4v) is 2.96. The Hall–Kier alpha value is 0.830. The third-order valence-corrected chi connectivity index (χ3v) is 4.26. The van der Waals surface area contributed by atoms with E-state index in [1.165, 1.54) is 38.5 Å². The molecule has 128 valence electrons. The van der Waals surface area contributed by atoms with E-state index in [1.54, 1.807) is 0 Å². The molecule has 22 heavy (non-hydrogen) atoms. The Kier molecular flexibility index (Phi) is 17.5. The minimum atomic E-state index is -4.36. The van der Waals surface area contributed by atoms with E-state index in [4.69, 9.17) is 9.84 Å². The van der Waals surface area contributed by atoms with Crippen molar-refractivity contribution in [1.29, 1.82) is 0 Å². The first-order chi connectivity index (χ1) is 9.89. The second-order valence-corrected chi connectivity index (χ2v) is 7.19. The number of aliphatic hydroxyl groups is 1. The molecule has 0 aromatic carbocycles. The van der Waals surface area contributed by atoms with Crippen LogP contribution in [0, 0.1) is 0 Å². The van der Waals surface area contributed by atoms with E-state index in [1.807, 2.05) is 6.92 Å². The van der Waals surface area contributed by atoms with Crippen LogP contribution in [-0.2, 0) is 14.9 Å². The number of unbranched alkanes of at least 4 members (excludes halogenated alkanes) is 7. The Bertz CT molecular complexity index is 335. The van der Waals surface area contributed by atoms with Gasteiger partial charge in [0, 0.05) is 0 Å². The maximum Gasteiger partial charge on any atom is 1.00 e. The van der Waals surface area contributed by atoms with Crippen LogP contribution in [0.3, 0.4) is 0 Å². The molecule has 0 aromatic rings. The van der Waals surface area contributed by atoms with E-state index in [-0.39, 0.29) is 35.7 Å². The summed E-state index contributed by atoms with van der Waals surface area (Å²) in [6, 6.07) is 0. The van der Waals surface area contributed by atoms with Gasteiger partial charge in [0.25, 0.3) is 0 Å². The predicted molar refractivity (Wildman–Crippen MR) is 83.2 cm³/mol. The minimum absolute atomic E-state index is 0. The molecule has 7 heteroatoms. The zero-order chi connectivity index (χ0) is 16.1. The molecule has 0 bridgehead atoms. The maximum atomic E-state index is 10.6. The van der Waals surface area contributed by atoms with Gasteiger partial charge in [0.15, 0.2) is 0 Å². The minimum Gasteiger partial charge on any atom is -0.748 e. The molecule has 0 saturated heterocycles. The van der Waals surface area contributed by atoms with Crippen molar-refractivity contribution in [1.82, 2.24) is 0 Å². The average molecular weight is 346 g/mol. The van der Waals surface area contributed by atoms with Crippen LogP contribution < -0.4 is 29.6 Å². The van der Waals surface area contributed by atoms with Crippen molar-refractivity contribution >= 4 is 10.1 Å². The van der Waals surface area contributed by atoms with E-state index in [2.05, 4.69) is 6.92 Å². The molecule has 0 amide bonds. The summed E-state index contributed by atoms with van der Waals surface area (Å²) >= 11 is 0. The fourth-order valence-electron chi connectivity index (χ4n) is 2.32. The van der Waals surface area contributed by atoms with Crippen LogP contribution in [0.5, 0.6) is 0 Å². The van der Waals surface area contributed by atoms with Gasteiger partial charge in [-0.15, -0.1) is 0 Å². The summed E-state index contributed by atoms with van der Waals surface area (Å²) in [7, 11) is -4.36. The zero-order valence-electron chi connectivity index (χ0n) is 14.4. The molecule has 0 saturated carbocycles. The second-order valence-electron chi connectivity index (χ2n) is 5.74. The van der Waals surface area contributed by atoms with Gasteiger partial charge in [-0.1, -0.05) is 58.3 Å². The van der Waals surface area contributed by atoms with Crippen LogP contribution >= 0.6 is 0 Å². The van der Waals surface area contributed by atoms with Crippen molar-refractivity contribution in [2.24, 2.45) is 0 Å². The quantitative estimate of drug-likeness (QED) is 0.268. The van der Waals surface area contributed by atoms with Crippen LogP contribution in [-0.4, -0.2) is 42.6 Å². The molecule has 0 spiro atoms. The summed E-state index contributed by atoms with van der Waals surface area (Å²) < 4.78 is 37.3. The molecule has 2 unspecified atom stereocenters. The standard InChI is InChI=1S/C15H32O5S.Na/c1-3-4-5-6-7-8-9-10-11-14(2)20-15(12-16)13-21(17,18)19;/h14-16H,3-13H2,1-2H3,(H,17,18,19);/q;+1/p-1. The Balaban J connectivity index is 0. The molecule has 0 fully saturated rings. The Morgan fingerprint density at radius 2 is 1.55 bits per heavy atom. The van der Waals surface area contributed by atoms with Crippen LogP contribution in [0.15, 0.2) is 0 Å². The van der Waals surface area contributed by atoms with Gasteiger partial charge in [-0.25, -0.2) is 8.42 Å². The summed E-state index contributed by atoms with van der Waals surface area (Å²) in [5, 5.41) is 9.02. The normalized spacial score (nSPS) is 14.4. The van der Waals surface area contributed by atoms with Crippen molar-refractivity contribution < 1.29 is 52.4 Å². The molecule has 0 aliphatic heterocycles. The maximum absolute atomic E-state index is 10.6. The molecule has 0 aliphatic rings. The van der Waals surface area contributed by atoms with Gasteiger partial charge in [-0.2, -0.15) is 0 Å². The van der Waals surface area contributed by atoms with Crippen molar-refractivity contribution in [3.8, 4) is 0 Å². The van der Waals surface area contributed by atoms with Gasteiger partial charge in [0.05, 0.1) is 34.7 Å². The van der Waals surface area contributed by atoms with E-state index in [0.29, 0.717) is 0 Å². The largest absolute Gasteiger partial charge is 1.00 e. The molecule has 2 atom stereocenters. The van der Waals surface area contributed by atoms with Crippen LogP contribution in [0.2, 0.25) is 0 Å². The van der Waals surface area contributed by atoms with Gasteiger partial charge in [-0.3, -0.25) is 0 Å². The van der Waals surface area contributed by atoms with E-state index < -0.39 is 28.6 Å². The van der Waals surface area contributed by atoms with Gasteiger partial charge < -0.3 is 14.4 Å². The molecular weight excluding hydrogens is 315 g/mol.